The van der Waals surface area contributed by atoms with Crippen LogP contribution in [0.5, 0.6) is 0 Å². The van der Waals surface area contributed by atoms with Gasteiger partial charge in [0.2, 0.25) is 11.8 Å². The molecule has 5 nitrogen and oxygen atoms in total. The molecule has 1 unspecified atom stereocenters. The summed E-state index contributed by atoms with van der Waals surface area (Å²) in [6.07, 6.45) is -4.82. The Morgan fingerprint density at radius 1 is 1.19 bits per heavy atom. The molecular formula is C13H14F3N3O2. The molecule has 114 valence electrons. The Hall–Kier alpha value is -2.09. The van der Waals surface area contributed by atoms with E-state index in [0.29, 0.717) is 0 Å². The molecule has 0 bridgehead atoms. The average Bonchev–Trinajstić information content (AvgIpc) is 2.50. The van der Waals surface area contributed by atoms with E-state index < -0.39 is 24.0 Å². The molecule has 0 saturated carbocycles. The molecule has 1 aromatic carbocycles. The van der Waals surface area contributed by atoms with E-state index in [2.05, 4.69) is 16.0 Å². The predicted octanol–water partition coefficient (Wildman–Crippen LogP) is 2.18. The van der Waals surface area contributed by atoms with Crippen LogP contribution >= 0.6 is 0 Å². The van der Waals surface area contributed by atoms with Gasteiger partial charge in [0.25, 0.3) is 0 Å². The lowest BCUT2D eigenvalue weighted by atomic mass is 10.0. The molecule has 1 heterocycles. The lowest BCUT2D eigenvalue weighted by Crippen LogP contribution is -2.34. The summed E-state index contributed by atoms with van der Waals surface area (Å²) < 4.78 is 39.1. The van der Waals surface area contributed by atoms with E-state index in [1.165, 1.54) is 18.2 Å². The molecule has 0 aliphatic carbocycles. The van der Waals surface area contributed by atoms with Crippen molar-refractivity contribution in [2.24, 2.45) is 0 Å². The highest BCUT2D eigenvalue weighted by molar-refractivity contribution is 6.13. The maximum absolute atomic E-state index is 13.0. The van der Waals surface area contributed by atoms with Crippen LogP contribution in [0.25, 0.3) is 0 Å². The normalized spacial score (nSPS) is 16.6. The number of nitrogens with one attached hydrogen (secondary N) is 3. The number of carbonyl (C=O) groups excluding carboxylic acids is 2. The van der Waals surface area contributed by atoms with Gasteiger partial charge in [0.1, 0.15) is 12.5 Å². The fourth-order valence-corrected chi connectivity index (χ4v) is 2.12. The molecule has 2 rings (SSSR count). The summed E-state index contributed by atoms with van der Waals surface area (Å²) >= 11 is 0. The minimum atomic E-state index is -4.46. The number of hydrogen-bond acceptors (Lipinski definition) is 3. The van der Waals surface area contributed by atoms with Gasteiger partial charge in [0, 0.05) is 0 Å². The van der Waals surface area contributed by atoms with Crippen LogP contribution < -0.4 is 16.0 Å². The number of amides is 2. The summed E-state index contributed by atoms with van der Waals surface area (Å²) in [4.78, 5) is 22.8. The topological polar surface area (TPSA) is 70.2 Å². The smallest absolute Gasteiger partial charge is 0.324 e. The van der Waals surface area contributed by atoms with E-state index in [1.54, 1.807) is 6.92 Å². The van der Waals surface area contributed by atoms with Gasteiger partial charge in [-0.2, -0.15) is 13.2 Å². The Labute approximate surface area is 118 Å². The minimum Gasteiger partial charge on any atom is -0.324 e. The fourth-order valence-electron chi connectivity index (χ4n) is 2.12. The lowest BCUT2D eigenvalue weighted by Gasteiger charge is -2.22. The van der Waals surface area contributed by atoms with E-state index in [4.69, 9.17) is 0 Å². The summed E-state index contributed by atoms with van der Waals surface area (Å²) in [5.41, 5.74) is 0.419. The van der Waals surface area contributed by atoms with Crippen LogP contribution in [0.4, 0.5) is 24.5 Å². The first kappa shape index (κ1) is 15.3. The Kier molecular flexibility index (Phi) is 4.17. The molecule has 3 N–H and O–H groups in total. The van der Waals surface area contributed by atoms with Crippen molar-refractivity contribution in [2.75, 3.05) is 17.2 Å². The van der Waals surface area contributed by atoms with Crippen molar-refractivity contribution in [3.63, 3.8) is 0 Å². The zero-order valence-corrected chi connectivity index (χ0v) is 11.2. The van der Waals surface area contributed by atoms with E-state index in [9.17, 15) is 22.8 Å². The van der Waals surface area contributed by atoms with Crippen molar-refractivity contribution in [1.82, 2.24) is 5.32 Å². The highest BCUT2D eigenvalue weighted by atomic mass is 19.4. The molecule has 1 aromatic rings. The largest absolute Gasteiger partial charge is 0.407 e. The lowest BCUT2D eigenvalue weighted by molar-refractivity contribution is -0.157. The standard InChI is InChI=1S/C13H14F3N3O2/c1-2-17-12(13(14,15)16)7-3-4-8-9(5-7)19-11(21)6-10(20)18-8/h3-5,12,17H,2,6H2,1H3,(H,18,20)(H,19,21). The Balaban J connectivity index is 2.39. The molecule has 1 aliphatic rings. The second kappa shape index (κ2) is 5.72. The van der Waals surface area contributed by atoms with Crippen molar-refractivity contribution in [3.8, 4) is 0 Å². The van der Waals surface area contributed by atoms with Gasteiger partial charge >= 0.3 is 6.18 Å². The molecule has 0 radical (unpaired) electrons. The Morgan fingerprint density at radius 3 is 2.38 bits per heavy atom. The Bertz CT molecular complexity index is 572. The molecule has 8 heteroatoms. The zero-order valence-electron chi connectivity index (χ0n) is 11.2. The summed E-state index contributed by atoms with van der Waals surface area (Å²) in [6.45, 7) is 1.72. The molecule has 21 heavy (non-hydrogen) atoms. The molecule has 1 atom stereocenters. The number of hydrogen-bond donors (Lipinski definition) is 3. The number of anilines is 2. The number of benzene rings is 1. The van der Waals surface area contributed by atoms with Gasteiger partial charge in [0.15, 0.2) is 0 Å². The van der Waals surface area contributed by atoms with Gasteiger partial charge < -0.3 is 16.0 Å². The molecule has 0 fully saturated rings. The third-order valence-electron chi connectivity index (χ3n) is 2.98. The summed E-state index contributed by atoms with van der Waals surface area (Å²) in [7, 11) is 0. The van der Waals surface area contributed by atoms with Gasteiger partial charge in [-0.25, -0.2) is 0 Å². The predicted molar refractivity (Wildman–Crippen MR) is 70.8 cm³/mol. The quantitative estimate of drug-likeness (QED) is 0.749. The highest BCUT2D eigenvalue weighted by Crippen LogP contribution is 2.36. The molecular weight excluding hydrogens is 287 g/mol. The number of alkyl halides is 3. The van der Waals surface area contributed by atoms with Crippen molar-refractivity contribution in [2.45, 2.75) is 25.6 Å². The van der Waals surface area contributed by atoms with E-state index in [0.717, 1.165) is 0 Å². The summed E-state index contributed by atoms with van der Waals surface area (Å²) in [6, 6.07) is 2.02. The van der Waals surface area contributed by atoms with Crippen LogP contribution in [0.1, 0.15) is 24.9 Å². The van der Waals surface area contributed by atoms with Crippen LogP contribution in [-0.4, -0.2) is 24.5 Å². The Morgan fingerprint density at radius 2 is 1.81 bits per heavy atom. The van der Waals surface area contributed by atoms with Crippen LogP contribution in [0.3, 0.4) is 0 Å². The second-order valence-corrected chi connectivity index (χ2v) is 4.61. The van der Waals surface area contributed by atoms with Gasteiger partial charge in [-0.05, 0) is 24.2 Å². The van der Waals surface area contributed by atoms with E-state index in [1.807, 2.05) is 0 Å². The second-order valence-electron chi connectivity index (χ2n) is 4.61. The molecule has 0 saturated heterocycles. The summed E-state index contributed by atoms with van der Waals surface area (Å²) in [5, 5.41) is 7.25. The number of carbonyl (C=O) groups is 2. The first-order chi connectivity index (χ1) is 9.81. The number of halogens is 3. The molecule has 1 aliphatic heterocycles. The zero-order chi connectivity index (χ0) is 15.6. The van der Waals surface area contributed by atoms with Crippen LogP contribution in [0, 0.1) is 0 Å². The van der Waals surface area contributed by atoms with Crippen LogP contribution in [-0.2, 0) is 9.59 Å². The minimum absolute atomic E-state index is 0.0282. The van der Waals surface area contributed by atoms with E-state index >= 15 is 0 Å². The SMILES string of the molecule is CCNC(c1ccc2c(c1)NC(=O)CC(=O)N2)C(F)(F)F. The number of rotatable bonds is 3. The van der Waals surface area contributed by atoms with Gasteiger partial charge in [-0.3, -0.25) is 9.59 Å². The molecule has 2 amide bonds. The third-order valence-corrected chi connectivity index (χ3v) is 2.98. The maximum atomic E-state index is 13.0. The monoisotopic (exact) mass is 301 g/mol. The maximum Gasteiger partial charge on any atom is 0.407 e. The van der Waals surface area contributed by atoms with Crippen molar-refractivity contribution < 1.29 is 22.8 Å². The fraction of sp³-hybridized carbons (Fsp3) is 0.385. The number of fused-ring (bicyclic) bond motifs is 1. The van der Waals surface area contributed by atoms with Gasteiger partial charge in [-0.15, -0.1) is 0 Å². The molecule has 0 aromatic heterocycles. The van der Waals surface area contributed by atoms with Crippen molar-refractivity contribution in [1.29, 1.82) is 0 Å². The summed E-state index contributed by atoms with van der Waals surface area (Å²) in [5.74, 6) is -1.06. The van der Waals surface area contributed by atoms with Crippen LogP contribution in [0.2, 0.25) is 0 Å². The third kappa shape index (κ3) is 3.52. The highest BCUT2D eigenvalue weighted by Gasteiger charge is 2.40. The van der Waals surface area contributed by atoms with E-state index in [-0.39, 0.29) is 29.9 Å². The van der Waals surface area contributed by atoms with Gasteiger partial charge in [0.05, 0.1) is 11.4 Å². The van der Waals surface area contributed by atoms with Crippen LogP contribution in [0.15, 0.2) is 18.2 Å². The molecule has 0 spiro atoms. The van der Waals surface area contributed by atoms with Gasteiger partial charge in [-0.1, -0.05) is 13.0 Å². The first-order valence-electron chi connectivity index (χ1n) is 6.35. The van der Waals surface area contributed by atoms with Crippen molar-refractivity contribution in [3.05, 3.63) is 23.8 Å². The van der Waals surface area contributed by atoms with Crippen molar-refractivity contribution >= 4 is 23.2 Å². The average molecular weight is 301 g/mol. The first-order valence-corrected chi connectivity index (χ1v) is 6.35.